The summed E-state index contributed by atoms with van der Waals surface area (Å²) >= 11 is 5.95. The molecule has 0 aliphatic heterocycles. The van der Waals surface area contributed by atoms with E-state index in [1.807, 2.05) is 51.1 Å². The fourth-order valence-corrected chi connectivity index (χ4v) is 4.81. The molecule has 0 fully saturated rings. The Morgan fingerprint density at radius 2 is 1.75 bits per heavy atom. The van der Waals surface area contributed by atoms with Crippen molar-refractivity contribution in [2.45, 2.75) is 38.8 Å². The molecule has 0 radical (unpaired) electrons. The van der Waals surface area contributed by atoms with Gasteiger partial charge in [0.25, 0.3) is 5.91 Å². The Morgan fingerprint density at radius 1 is 1.08 bits per heavy atom. The van der Waals surface area contributed by atoms with E-state index in [4.69, 9.17) is 16.0 Å². The summed E-state index contributed by atoms with van der Waals surface area (Å²) in [6.07, 6.45) is 1.34. The van der Waals surface area contributed by atoms with Gasteiger partial charge in [-0.2, -0.15) is 9.57 Å². The minimum Gasteiger partial charge on any atom is -0.460 e. The van der Waals surface area contributed by atoms with E-state index in [0.717, 1.165) is 11.1 Å². The molecule has 7 nitrogen and oxygen atoms in total. The molecule has 3 aromatic rings. The lowest BCUT2D eigenvalue weighted by atomic mass is 10.1. The second-order valence-electron chi connectivity index (χ2n) is 8.79. The number of hydrogen-bond donors (Lipinski definition) is 1. The maximum atomic E-state index is 13.5. The number of carbonyl (C=O) groups is 1. The Morgan fingerprint density at radius 3 is 2.36 bits per heavy atom. The van der Waals surface area contributed by atoms with Gasteiger partial charge in [-0.05, 0) is 54.8 Å². The minimum absolute atomic E-state index is 0.0475. The molecule has 1 heterocycles. The van der Waals surface area contributed by atoms with Crippen molar-refractivity contribution in [3.63, 3.8) is 0 Å². The number of amides is 1. The highest BCUT2D eigenvalue weighted by atomic mass is 35.5. The largest absolute Gasteiger partial charge is 0.460 e. The molecule has 188 valence electrons. The van der Waals surface area contributed by atoms with Crippen LogP contribution in [0.4, 0.5) is 0 Å². The van der Waals surface area contributed by atoms with Crippen molar-refractivity contribution in [2.24, 2.45) is 5.92 Å². The van der Waals surface area contributed by atoms with Crippen molar-refractivity contribution in [3.05, 3.63) is 93.9 Å². The Bertz CT molecular complexity index is 1370. The van der Waals surface area contributed by atoms with Gasteiger partial charge in [0.15, 0.2) is 0 Å². The number of furan rings is 1. The van der Waals surface area contributed by atoms with E-state index in [1.165, 1.54) is 34.6 Å². The van der Waals surface area contributed by atoms with Gasteiger partial charge >= 0.3 is 0 Å². The van der Waals surface area contributed by atoms with Crippen LogP contribution in [0.25, 0.3) is 6.08 Å². The van der Waals surface area contributed by atoms with Crippen molar-refractivity contribution in [1.82, 2.24) is 9.62 Å². The molecule has 0 atom stereocenters. The van der Waals surface area contributed by atoms with Gasteiger partial charge in [-0.15, -0.1) is 0 Å². The third-order valence-electron chi connectivity index (χ3n) is 5.27. The summed E-state index contributed by atoms with van der Waals surface area (Å²) in [6, 6.07) is 18.7. The van der Waals surface area contributed by atoms with E-state index in [0.29, 0.717) is 17.3 Å². The average Bonchev–Trinajstić information content (AvgIpc) is 3.29. The fraction of sp³-hybridized carbons (Fsp3) is 0.259. The zero-order valence-electron chi connectivity index (χ0n) is 20.4. The van der Waals surface area contributed by atoms with Gasteiger partial charge in [0.05, 0.1) is 11.4 Å². The molecule has 1 amide bonds. The smallest absolute Gasteiger partial charge is 0.262 e. The lowest BCUT2D eigenvalue weighted by Crippen LogP contribution is -2.30. The van der Waals surface area contributed by atoms with Crippen molar-refractivity contribution < 1.29 is 17.6 Å². The van der Waals surface area contributed by atoms with Crippen LogP contribution in [0.3, 0.4) is 0 Å². The quantitative estimate of drug-likeness (QED) is 0.285. The fourth-order valence-electron chi connectivity index (χ4n) is 3.29. The number of benzene rings is 2. The van der Waals surface area contributed by atoms with E-state index >= 15 is 0 Å². The minimum atomic E-state index is -3.89. The first kappa shape index (κ1) is 27.2. The van der Waals surface area contributed by atoms with E-state index in [-0.39, 0.29) is 35.2 Å². The highest BCUT2D eigenvalue weighted by molar-refractivity contribution is 7.89. The normalized spacial score (nSPS) is 12.1. The standard InChI is InChI=1S/C27H28ClN3O4S/c1-19(2)16-30-27(32)22(15-29)14-24-10-11-25(35-24)18-31(17-21-6-4-20(3)5-7-21)36(33,34)26-12-8-23(28)9-13-26/h4-14,19H,16-18H2,1-3H3,(H,30,32)/b22-14-. The first-order valence-electron chi connectivity index (χ1n) is 11.4. The summed E-state index contributed by atoms with van der Waals surface area (Å²) < 4.78 is 34.1. The van der Waals surface area contributed by atoms with Gasteiger partial charge in [-0.25, -0.2) is 8.42 Å². The van der Waals surface area contributed by atoms with Crippen LogP contribution < -0.4 is 5.32 Å². The highest BCUT2D eigenvalue weighted by Gasteiger charge is 2.26. The van der Waals surface area contributed by atoms with Crippen LogP contribution in [-0.2, 0) is 27.9 Å². The average molecular weight is 526 g/mol. The Labute approximate surface area is 217 Å². The molecule has 1 N–H and O–H groups in total. The van der Waals surface area contributed by atoms with Gasteiger partial charge in [-0.3, -0.25) is 4.79 Å². The maximum absolute atomic E-state index is 13.5. The van der Waals surface area contributed by atoms with Crippen LogP contribution in [0.5, 0.6) is 0 Å². The number of halogens is 1. The zero-order valence-corrected chi connectivity index (χ0v) is 21.9. The van der Waals surface area contributed by atoms with Crippen molar-refractivity contribution in [3.8, 4) is 6.07 Å². The number of nitriles is 1. The Balaban J connectivity index is 1.88. The second-order valence-corrected chi connectivity index (χ2v) is 11.2. The van der Waals surface area contributed by atoms with Crippen molar-refractivity contribution in [2.75, 3.05) is 6.54 Å². The SMILES string of the molecule is Cc1ccc(CN(Cc2ccc(/C=C(/C#N)C(=O)NCC(C)C)o2)S(=O)(=O)c2ccc(Cl)cc2)cc1. The number of hydrogen-bond acceptors (Lipinski definition) is 5. The number of aryl methyl sites for hydroxylation is 1. The van der Waals surface area contributed by atoms with Crippen LogP contribution in [0.15, 0.2) is 75.5 Å². The van der Waals surface area contributed by atoms with E-state index in [1.54, 1.807) is 12.1 Å². The first-order valence-corrected chi connectivity index (χ1v) is 13.2. The van der Waals surface area contributed by atoms with Crippen LogP contribution >= 0.6 is 11.6 Å². The number of rotatable bonds is 10. The number of carbonyl (C=O) groups excluding carboxylic acids is 1. The molecule has 9 heteroatoms. The topological polar surface area (TPSA) is 103 Å². The van der Waals surface area contributed by atoms with Gasteiger partial charge in [0.2, 0.25) is 10.0 Å². The molecule has 0 bridgehead atoms. The first-order chi connectivity index (χ1) is 17.1. The molecule has 0 aliphatic rings. The molecule has 3 rings (SSSR count). The lowest BCUT2D eigenvalue weighted by Gasteiger charge is -2.21. The molecular formula is C27H28ClN3O4S. The van der Waals surface area contributed by atoms with Crippen molar-refractivity contribution in [1.29, 1.82) is 5.26 Å². The number of sulfonamides is 1. The summed E-state index contributed by atoms with van der Waals surface area (Å²) in [5, 5.41) is 12.5. The molecule has 1 aromatic heterocycles. The number of nitrogens with zero attached hydrogens (tertiary/aromatic N) is 2. The Hall–Kier alpha value is -3.38. The van der Waals surface area contributed by atoms with Crippen LogP contribution in [0.1, 0.15) is 36.5 Å². The van der Waals surface area contributed by atoms with Crippen LogP contribution in [-0.4, -0.2) is 25.2 Å². The summed E-state index contributed by atoms with van der Waals surface area (Å²) in [7, 11) is -3.89. The molecule has 0 aliphatic carbocycles. The third-order valence-corrected chi connectivity index (χ3v) is 7.33. The zero-order chi connectivity index (χ0) is 26.3. The highest BCUT2D eigenvalue weighted by Crippen LogP contribution is 2.24. The molecule has 0 spiro atoms. The summed E-state index contributed by atoms with van der Waals surface area (Å²) in [5.41, 5.74) is 1.79. The predicted molar refractivity (Wildman–Crippen MR) is 139 cm³/mol. The monoisotopic (exact) mass is 525 g/mol. The molecule has 36 heavy (non-hydrogen) atoms. The van der Waals surface area contributed by atoms with Crippen LogP contribution in [0, 0.1) is 24.2 Å². The summed E-state index contributed by atoms with van der Waals surface area (Å²) in [6.45, 7) is 6.39. The molecule has 2 aromatic carbocycles. The van der Waals surface area contributed by atoms with E-state index < -0.39 is 15.9 Å². The van der Waals surface area contributed by atoms with Gasteiger partial charge in [-0.1, -0.05) is 55.3 Å². The Kier molecular flexibility index (Phi) is 9.10. The predicted octanol–water partition coefficient (Wildman–Crippen LogP) is 5.31. The van der Waals surface area contributed by atoms with Crippen LogP contribution in [0.2, 0.25) is 5.02 Å². The van der Waals surface area contributed by atoms with E-state index in [9.17, 15) is 18.5 Å². The van der Waals surface area contributed by atoms with Gasteiger partial charge < -0.3 is 9.73 Å². The maximum Gasteiger partial charge on any atom is 0.262 e. The number of nitrogens with one attached hydrogen (secondary N) is 1. The molecule has 0 saturated carbocycles. The summed E-state index contributed by atoms with van der Waals surface area (Å²) in [4.78, 5) is 12.4. The second kappa shape index (κ2) is 12.0. The third kappa shape index (κ3) is 7.31. The van der Waals surface area contributed by atoms with Gasteiger partial charge in [0.1, 0.15) is 23.2 Å². The molecule has 0 saturated heterocycles. The van der Waals surface area contributed by atoms with E-state index in [2.05, 4.69) is 5.32 Å². The lowest BCUT2D eigenvalue weighted by molar-refractivity contribution is -0.117. The molecule has 0 unspecified atom stereocenters. The van der Waals surface area contributed by atoms with Crippen molar-refractivity contribution >= 4 is 33.6 Å². The molecular weight excluding hydrogens is 498 g/mol. The van der Waals surface area contributed by atoms with Gasteiger partial charge in [0, 0.05) is 24.2 Å². The summed E-state index contributed by atoms with van der Waals surface area (Å²) in [5.74, 6) is 0.396.